The Morgan fingerprint density at radius 1 is 0.909 bits per heavy atom. The first-order valence-corrected chi connectivity index (χ1v) is 10.4. The Balaban J connectivity index is 1.48. The number of carbonyl (C=O) groups excluding carboxylic acids is 2. The fourth-order valence-corrected chi connectivity index (χ4v) is 3.60. The molecule has 3 aromatic carbocycles. The second kappa shape index (κ2) is 9.53. The van der Waals surface area contributed by atoms with Gasteiger partial charge in [0.15, 0.2) is 12.4 Å². The van der Waals surface area contributed by atoms with E-state index in [1.165, 1.54) is 7.11 Å². The maximum absolute atomic E-state index is 12.6. The van der Waals surface area contributed by atoms with Crippen LogP contribution in [0, 0.1) is 6.92 Å². The molecule has 33 heavy (non-hydrogen) atoms. The molecule has 0 N–H and O–H groups in total. The number of hydrogen-bond donors (Lipinski definition) is 0. The van der Waals surface area contributed by atoms with Crippen LogP contribution in [0.15, 0.2) is 82.0 Å². The van der Waals surface area contributed by atoms with Crippen molar-refractivity contribution in [1.82, 2.24) is 0 Å². The molecule has 6 heteroatoms. The number of ether oxygens (including phenoxy) is 2. The number of benzene rings is 3. The average Bonchev–Trinajstić information content (AvgIpc) is 2.85. The quantitative estimate of drug-likeness (QED) is 0.233. The normalized spacial score (nSPS) is 10.7. The molecule has 0 fully saturated rings. The Hall–Kier alpha value is -4.19. The minimum atomic E-state index is -0.600. The van der Waals surface area contributed by atoms with Crippen LogP contribution in [-0.4, -0.2) is 25.5 Å². The molecule has 0 saturated heterocycles. The van der Waals surface area contributed by atoms with E-state index in [1.54, 1.807) is 37.3 Å². The molecule has 0 spiro atoms. The van der Waals surface area contributed by atoms with Crippen LogP contribution in [0.25, 0.3) is 22.1 Å². The molecule has 0 amide bonds. The predicted octanol–water partition coefficient (Wildman–Crippen LogP) is 4.75. The van der Waals surface area contributed by atoms with Crippen molar-refractivity contribution in [2.45, 2.75) is 13.3 Å². The molecular weight excluding hydrogens is 420 g/mol. The average molecular weight is 442 g/mol. The maximum atomic E-state index is 12.6. The van der Waals surface area contributed by atoms with Crippen molar-refractivity contribution in [2.75, 3.05) is 13.7 Å². The van der Waals surface area contributed by atoms with Gasteiger partial charge < -0.3 is 13.9 Å². The SMILES string of the molecule is COC(=O)Cc1c(C)c2ccc(OCC(=O)c3ccc(-c4ccccc4)cc3)cc2oc1=O. The van der Waals surface area contributed by atoms with Gasteiger partial charge >= 0.3 is 11.6 Å². The minimum Gasteiger partial charge on any atom is -0.485 e. The Kier molecular flexibility index (Phi) is 6.36. The summed E-state index contributed by atoms with van der Waals surface area (Å²) in [6, 6.07) is 22.3. The smallest absolute Gasteiger partial charge is 0.340 e. The summed E-state index contributed by atoms with van der Waals surface area (Å²) < 4.78 is 15.7. The van der Waals surface area contributed by atoms with Crippen LogP contribution < -0.4 is 10.4 Å². The molecule has 4 aromatic rings. The standard InChI is InChI=1S/C27H22O6/c1-17-22-13-12-21(14-25(22)33-27(30)23(17)15-26(29)31-2)32-16-24(28)20-10-8-19(9-11-20)18-6-4-3-5-7-18/h3-14H,15-16H2,1-2H3. The number of rotatable bonds is 7. The van der Waals surface area contributed by atoms with Crippen LogP contribution >= 0.6 is 0 Å². The molecule has 0 saturated carbocycles. The molecule has 1 aromatic heterocycles. The molecule has 6 nitrogen and oxygen atoms in total. The van der Waals surface area contributed by atoms with Crippen molar-refractivity contribution in [3.8, 4) is 16.9 Å². The number of esters is 1. The van der Waals surface area contributed by atoms with Crippen molar-refractivity contribution < 1.29 is 23.5 Å². The van der Waals surface area contributed by atoms with E-state index in [9.17, 15) is 14.4 Å². The minimum absolute atomic E-state index is 0.153. The number of ketones is 1. The molecule has 0 aliphatic heterocycles. The van der Waals surface area contributed by atoms with E-state index >= 15 is 0 Å². The maximum Gasteiger partial charge on any atom is 0.340 e. The van der Waals surface area contributed by atoms with Gasteiger partial charge in [0.2, 0.25) is 0 Å². The number of hydrogen-bond acceptors (Lipinski definition) is 6. The lowest BCUT2D eigenvalue weighted by molar-refractivity contribution is -0.139. The summed E-state index contributed by atoms with van der Waals surface area (Å²) in [6.45, 7) is 1.60. The van der Waals surface area contributed by atoms with Gasteiger partial charge in [-0.3, -0.25) is 9.59 Å². The van der Waals surface area contributed by atoms with E-state index < -0.39 is 11.6 Å². The first-order valence-electron chi connectivity index (χ1n) is 10.4. The summed E-state index contributed by atoms with van der Waals surface area (Å²) in [5.41, 5.74) is 3.28. The van der Waals surface area contributed by atoms with Crippen LogP contribution in [0.2, 0.25) is 0 Å². The third-order valence-electron chi connectivity index (χ3n) is 5.49. The van der Waals surface area contributed by atoms with Crippen molar-refractivity contribution in [3.05, 3.63) is 99.9 Å². The Bertz CT molecular complexity index is 1370. The van der Waals surface area contributed by atoms with Crippen molar-refractivity contribution in [1.29, 1.82) is 0 Å². The molecule has 0 bridgehead atoms. The Morgan fingerprint density at radius 2 is 1.61 bits per heavy atom. The van der Waals surface area contributed by atoms with E-state index in [0.717, 1.165) is 11.1 Å². The fourth-order valence-electron chi connectivity index (χ4n) is 3.60. The van der Waals surface area contributed by atoms with Gasteiger partial charge in [0.25, 0.3) is 0 Å². The van der Waals surface area contributed by atoms with Gasteiger partial charge in [-0.1, -0.05) is 54.6 Å². The molecular formula is C27H22O6. The number of Topliss-reactive ketones (excluding diaryl/α,β-unsaturated/α-hetero) is 1. The molecule has 0 radical (unpaired) electrons. The molecule has 0 unspecified atom stereocenters. The summed E-state index contributed by atoms with van der Waals surface area (Å²) in [4.78, 5) is 36.5. The second-order valence-corrected chi connectivity index (χ2v) is 7.56. The van der Waals surface area contributed by atoms with Crippen LogP contribution in [-0.2, 0) is 16.0 Å². The van der Waals surface area contributed by atoms with Crippen LogP contribution in [0.3, 0.4) is 0 Å². The lowest BCUT2D eigenvalue weighted by atomic mass is 10.0. The highest BCUT2D eigenvalue weighted by Crippen LogP contribution is 2.25. The van der Waals surface area contributed by atoms with Gasteiger partial charge in [0.05, 0.1) is 19.1 Å². The van der Waals surface area contributed by atoms with Crippen LogP contribution in [0.5, 0.6) is 5.75 Å². The van der Waals surface area contributed by atoms with E-state index in [2.05, 4.69) is 4.74 Å². The second-order valence-electron chi connectivity index (χ2n) is 7.56. The number of aryl methyl sites for hydroxylation is 1. The molecule has 0 aliphatic rings. The number of carbonyl (C=O) groups is 2. The largest absolute Gasteiger partial charge is 0.485 e. The molecule has 0 aliphatic carbocycles. The lowest BCUT2D eigenvalue weighted by Crippen LogP contribution is -2.16. The Labute approximate surface area is 190 Å². The number of methoxy groups -OCH3 is 1. The molecule has 166 valence electrons. The zero-order valence-corrected chi connectivity index (χ0v) is 18.3. The molecule has 0 atom stereocenters. The van der Waals surface area contributed by atoms with Gasteiger partial charge in [0.1, 0.15) is 11.3 Å². The zero-order chi connectivity index (χ0) is 23.4. The topological polar surface area (TPSA) is 82.8 Å². The summed E-state index contributed by atoms with van der Waals surface area (Å²) >= 11 is 0. The third kappa shape index (κ3) is 4.85. The van der Waals surface area contributed by atoms with Gasteiger partial charge in [0, 0.05) is 17.0 Å². The first-order chi connectivity index (χ1) is 16.0. The monoisotopic (exact) mass is 442 g/mol. The lowest BCUT2D eigenvalue weighted by Gasteiger charge is -2.10. The van der Waals surface area contributed by atoms with E-state index in [4.69, 9.17) is 9.15 Å². The van der Waals surface area contributed by atoms with E-state index in [1.807, 2.05) is 42.5 Å². The van der Waals surface area contributed by atoms with Crippen molar-refractivity contribution in [3.63, 3.8) is 0 Å². The van der Waals surface area contributed by atoms with Crippen molar-refractivity contribution >= 4 is 22.7 Å². The molecule has 1 heterocycles. The predicted molar refractivity (Wildman–Crippen MR) is 125 cm³/mol. The summed E-state index contributed by atoms with van der Waals surface area (Å²) in [5, 5.41) is 0.684. The third-order valence-corrected chi connectivity index (χ3v) is 5.49. The Morgan fingerprint density at radius 3 is 2.30 bits per heavy atom. The van der Waals surface area contributed by atoms with E-state index in [0.29, 0.717) is 27.8 Å². The summed E-state index contributed by atoms with van der Waals surface area (Å²) in [5.74, 6) is -0.277. The van der Waals surface area contributed by atoms with Crippen LogP contribution in [0.1, 0.15) is 21.5 Å². The highest BCUT2D eigenvalue weighted by Gasteiger charge is 2.16. The first kappa shape index (κ1) is 22.0. The highest BCUT2D eigenvalue weighted by molar-refractivity contribution is 5.97. The van der Waals surface area contributed by atoms with Gasteiger partial charge in [-0.2, -0.15) is 0 Å². The fraction of sp³-hybridized carbons (Fsp3) is 0.148. The number of fused-ring (bicyclic) bond motifs is 1. The summed E-state index contributed by atoms with van der Waals surface area (Å²) in [6.07, 6.45) is -0.156. The van der Waals surface area contributed by atoms with Gasteiger partial charge in [-0.05, 0) is 35.7 Å². The van der Waals surface area contributed by atoms with Gasteiger partial charge in [-0.15, -0.1) is 0 Å². The highest BCUT2D eigenvalue weighted by atomic mass is 16.5. The molecule has 4 rings (SSSR count). The zero-order valence-electron chi connectivity index (χ0n) is 18.3. The summed E-state index contributed by atoms with van der Waals surface area (Å²) in [7, 11) is 1.27. The van der Waals surface area contributed by atoms with E-state index in [-0.39, 0.29) is 24.4 Å². The van der Waals surface area contributed by atoms with Gasteiger partial charge in [-0.25, -0.2) is 4.79 Å². The van der Waals surface area contributed by atoms with Crippen LogP contribution in [0.4, 0.5) is 0 Å². The van der Waals surface area contributed by atoms with Crippen molar-refractivity contribution in [2.24, 2.45) is 0 Å².